The van der Waals surface area contributed by atoms with Gasteiger partial charge in [0.05, 0.1) is 11.8 Å². The molecule has 2 saturated heterocycles. The summed E-state index contributed by atoms with van der Waals surface area (Å²) in [6.07, 6.45) is 8.11. The lowest BCUT2D eigenvalue weighted by Gasteiger charge is -2.24. The van der Waals surface area contributed by atoms with Crippen molar-refractivity contribution in [1.82, 2.24) is 30.3 Å². The first-order valence-electron chi connectivity index (χ1n) is 13.8. The van der Waals surface area contributed by atoms with Crippen molar-refractivity contribution in [2.75, 3.05) is 37.2 Å². The van der Waals surface area contributed by atoms with E-state index in [0.717, 1.165) is 53.5 Å². The molecule has 2 aromatic carbocycles. The Morgan fingerprint density at radius 3 is 2.58 bits per heavy atom. The highest BCUT2D eigenvalue weighted by Crippen LogP contribution is 2.25. The number of benzene rings is 2. The van der Waals surface area contributed by atoms with Gasteiger partial charge in [0.1, 0.15) is 5.82 Å². The van der Waals surface area contributed by atoms with Crippen molar-refractivity contribution in [3.63, 3.8) is 0 Å². The van der Waals surface area contributed by atoms with E-state index < -0.39 is 0 Å². The van der Waals surface area contributed by atoms with E-state index in [4.69, 9.17) is 5.73 Å². The Morgan fingerprint density at radius 1 is 0.975 bits per heavy atom. The number of carbonyl (C=O) groups is 2. The average Bonchev–Trinajstić information content (AvgIpc) is 3.62. The zero-order chi connectivity index (χ0) is 27.6. The highest BCUT2D eigenvalue weighted by atomic mass is 16.2. The minimum Gasteiger partial charge on any atom is -0.383 e. The number of rotatable bonds is 6. The number of nitrogens with one attached hydrogen (secondary N) is 3. The molecule has 2 aromatic heterocycles. The van der Waals surface area contributed by atoms with E-state index in [2.05, 4.69) is 44.2 Å². The van der Waals surface area contributed by atoms with Gasteiger partial charge in [0.25, 0.3) is 11.8 Å². The first kappa shape index (κ1) is 25.8. The first-order chi connectivity index (χ1) is 19.4. The maximum atomic E-state index is 13.3. The van der Waals surface area contributed by atoms with Gasteiger partial charge in [-0.05, 0) is 73.5 Å². The molecular weight excluding hydrogens is 504 g/mol. The number of hydrogen-bond acceptors (Lipinski definition) is 7. The van der Waals surface area contributed by atoms with Crippen LogP contribution < -0.4 is 21.7 Å². The van der Waals surface area contributed by atoms with E-state index in [1.54, 1.807) is 28.0 Å². The molecule has 0 bridgehead atoms. The lowest BCUT2D eigenvalue weighted by Crippen LogP contribution is -2.38. The predicted molar refractivity (Wildman–Crippen MR) is 156 cm³/mol. The van der Waals surface area contributed by atoms with Gasteiger partial charge in [-0.2, -0.15) is 5.10 Å². The van der Waals surface area contributed by atoms with Gasteiger partial charge in [-0.3, -0.25) is 14.3 Å². The number of amides is 2. The predicted octanol–water partition coefficient (Wildman–Crippen LogP) is 3.03. The second-order valence-corrected chi connectivity index (χ2v) is 10.7. The third kappa shape index (κ3) is 5.48. The van der Waals surface area contributed by atoms with Gasteiger partial charge in [-0.15, -0.1) is 0 Å². The van der Waals surface area contributed by atoms with E-state index in [-0.39, 0.29) is 23.7 Å². The van der Waals surface area contributed by atoms with E-state index in [9.17, 15) is 9.59 Å². The summed E-state index contributed by atoms with van der Waals surface area (Å²) in [6, 6.07) is 14.2. The van der Waals surface area contributed by atoms with Crippen LogP contribution in [0.5, 0.6) is 0 Å². The summed E-state index contributed by atoms with van der Waals surface area (Å²) in [6.45, 7) is 3.10. The Hall–Kier alpha value is -4.44. The molecule has 5 N–H and O–H groups in total. The van der Waals surface area contributed by atoms with Crippen molar-refractivity contribution in [1.29, 1.82) is 0 Å². The normalized spacial score (nSPS) is 17.7. The fourth-order valence-electron chi connectivity index (χ4n) is 5.56. The summed E-state index contributed by atoms with van der Waals surface area (Å²) in [7, 11) is 1.83. The molecule has 2 aliphatic rings. The van der Waals surface area contributed by atoms with Crippen molar-refractivity contribution in [2.45, 2.75) is 31.3 Å². The number of fused-ring (bicyclic) bond motifs is 1. The summed E-state index contributed by atoms with van der Waals surface area (Å²) >= 11 is 0. The molecule has 4 heterocycles. The van der Waals surface area contributed by atoms with Gasteiger partial charge in [-0.1, -0.05) is 12.1 Å². The van der Waals surface area contributed by atoms with Gasteiger partial charge in [0.2, 0.25) is 0 Å². The molecule has 0 spiro atoms. The number of likely N-dealkylation sites (tertiary alicyclic amines) is 1. The summed E-state index contributed by atoms with van der Waals surface area (Å²) in [4.78, 5) is 32.4. The number of nitrogens with zero attached hydrogens (tertiary/aromatic N) is 4. The van der Waals surface area contributed by atoms with E-state index >= 15 is 0 Å². The van der Waals surface area contributed by atoms with Crippen LogP contribution >= 0.6 is 0 Å². The summed E-state index contributed by atoms with van der Waals surface area (Å²) in [5.41, 5.74) is 9.73. The molecule has 0 unspecified atom stereocenters. The van der Waals surface area contributed by atoms with Gasteiger partial charge < -0.3 is 26.6 Å². The second-order valence-electron chi connectivity index (χ2n) is 10.7. The van der Waals surface area contributed by atoms with Crippen molar-refractivity contribution in [2.24, 2.45) is 7.05 Å². The summed E-state index contributed by atoms with van der Waals surface area (Å²) in [5.74, 6) is -0.161. The molecule has 0 saturated carbocycles. The highest BCUT2D eigenvalue weighted by molar-refractivity contribution is 6.01. The monoisotopic (exact) mass is 538 g/mol. The van der Waals surface area contributed by atoms with Crippen LogP contribution in [0.2, 0.25) is 0 Å². The van der Waals surface area contributed by atoms with Gasteiger partial charge >= 0.3 is 0 Å². The summed E-state index contributed by atoms with van der Waals surface area (Å²) < 4.78 is 1.69. The number of pyridine rings is 1. The van der Waals surface area contributed by atoms with Crippen LogP contribution in [0.4, 0.5) is 11.5 Å². The molecule has 2 amide bonds. The summed E-state index contributed by atoms with van der Waals surface area (Å²) in [5, 5.41) is 16.4. The molecule has 10 nitrogen and oxygen atoms in total. The molecule has 2 aliphatic heterocycles. The Morgan fingerprint density at radius 2 is 1.77 bits per heavy atom. The van der Waals surface area contributed by atoms with Crippen LogP contribution in [-0.2, 0) is 7.05 Å². The second kappa shape index (κ2) is 11.0. The third-order valence-corrected chi connectivity index (χ3v) is 7.81. The number of anilines is 2. The van der Waals surface area contributed by atoms with Crippen LogP contribution in [0.25, 0.3) is 21.9 Å². The van der Waals surface area contributed by atoms with Crippen molar-refractivity contribution < 1.29 is 9.59 Å². The zero-order valence-corrected chi connectivity index (χ0v) is 22.6. The maximum absolute atomic E-state index is 13.3. The molecule has 1 atom stereocenters. The smallest absolute Gasteiger partial charge is 0.255 e. The Bertz CT molecular complexity index is 1560. The van der Waals surface area contributed by atoms with E-state index in [1.807, 2.05) is 31.4 Å². The van der Waals surface area contributed by atoms with Crippen LogP contribution in [0.15, 0.2) is 61.1 Å². The number of hydrogen-bond donors (Lipinski definition) is 4. The van der Waals surface area contributed by atoms with Crippen LogP contribution in [0.3, 0.4) is 0 Å². The van der Waals surface area contributed by atoms with Crippen molar-refractivity contribution in [3.8, 4) is 11.1 Å². The van der Waals surface area contributed by atoms with Crippen molar-refractivity contribution in [3.05, 3.63) is 72.2 Å². The topological polar surface area (TPSA) is 130 Å². The molecule has 206 valence electrons. The van der Waals surface area contributed by atoms with Gasteiger partial charge in [-0.25, -0.2) is 4.98 Å². The van der Waals surface area contributed by atoms with E-state index in [0.29, 0.717) is 36.7 Å². The lowest BCUT2D eigenvalue weighted by molar-refractivity contribution is 0.0783. The Labute approximate surface area is 232 Å². The number of piperidine rings is 1. The van der Waals surface area contributed by atoms with Crippen LogP contribution in [-0.4, -0.2) is 69.7 Å². The van der Waals surface area contributed by atoms with Crippen molar-refractivity contribution >= 4 is 34.1 Å². The largest absolute Gasteiger partial charge is 0.383 e. The molecule has 4 aromatic rings. The number of aryl methyl sites for hydroxylation is 1. The number of aromatic nitrogens is 3. The maximum Gasteiger partial charge on any atom is 0.255 e. The number of nitrogen functional groups attached to an aromatic ring is 1. The van der Waals surface area contributed by atoms with Crippen LogP contribution in [0, 0.1) is 0 Å². The van der Waals surface area contributed by atoms with Crippen LogP contribution in [0.1, 0.15) is 40.0 Å². The fourth-order valence-corrected chi connectivity index (χ4v) is 5.56. The number of carbonyl (C=O) groups excluding carboxylic acids is 2. The van der Waals surface area contributed by atoms with E-state index in [1.165, 1.54) is 0 Å². The number of nitrogens with two attached hydrogens (primary N) is 1. The molecule has 0 aliphatic carbocycles. The minimum atomic E-state index is -0.297. The third-order valence-electron chi connectivity index (χ3n) is 7.81. The lowest BCUT2D eigenvalue weighted by atomic mass is 10.0. The SMILES string of the molecule is Cn1cc(-c2cnc(N)c(C(=O)N[C@@H]3CCN(C(=O)c4ccc5cc(NC6CCNCC6)ccc5c4)C3)c2)cn1. The Kier molecular flexibility index (Phi) is 7.08. The molecule has 10 heteroatoms. The standard InChI is InChI=1S/C30H34N8O2/c1-37-17-23(16-34-37)22-14-27(28(31)33-15-22)29(39)36-26-8-11-38(18-26)30(40)21-3-2-20-13-25(5-4-19(20)12-21)35-24-6-9-32-10-7-24/h2-5,12-17,24,26,32,35H,6-11,18H2,1H3,(H2,31,33)(H,36,39)/t26-/m1/s1. The molecular formula is C30H34N8O2. The molecule has 40 heavy (non-hydrogen) atoms. The fraction of sp³-hybridized carbons (Fsp3) is 0.333. The highest BCUT2D eigenvalue weighted by Gasteiger charge is 2.29. The minimum absolute atomic E-state index is 0.0321. The zero-order valence-electron chi connectivity index (χ0n) is 22.6. The Balaban J connectivity index is 1.09. The average molecular weight is 539 g/mol. The molecule has 2 fully saturated rings. The van der Waals surface area contributed by atoms with Gasteiger partial charge in [0, 0.05) is 67.0 Å². The molecule has 0 radical (unpaired) electrons. The quantitative estimate of drug-likeness (QED) is 0.297. The van der Waals surface area contributed by atoms with Gasteiger partial charge in [0.15, 0.2) is 0 Å². The molecule has 6 rings (SSSR count). The first-order valence-corrected chi connectivity index (χ1v) is 13.8.